The number of carbonyl (C=O) groups is 2. The zero-order valence-electron chi connectivity index (χ0n) is 13.1. The van der Waals surface area contributed by atoms with E-state index in [0.29, 0.717) is 17.1 Å². The molecule has 3 amide bonds. The van der Waals surface area contributed by atoms with Crippen molar-refractivity contribution in [2.45, 2.75) is 13.8 Å². The average Bonchev–Trinajstić information content (AvgIpc) is 2.46. The number of nitrogens with one attached hydrogen (secondary N) is 2. The van der Waals surface area contributed by atoms with Crippen molar-refractivity contribution in [2.75, 3.05) is 17.2 Å². The van der Waals surface area contributed by atoms with E-state index in [2.05, 4.69) is 10.6 Å². The van der Waals surface area contributed by atoms with E-state index in [1.54, 1.807) is 24.3 Å². The van der Waals surface area contributed by atoms with Crippen LogP contribution in [-0.2, 0) is 4.79 Å². The lowest BCUT2D eigenvalue weighted by Gasteiger charge is -2.11. The summed E-state index contributed by atoms with van der Waals surface area (Å²) in [6.07, 6.45) is 0. The first kappa shape index (κ1) is 16.4. The normalized spacial score (nSPS) is 10.0. The Morgan fingerprint density at radius 3 is 2.39 bits per heavy atom. The number of aryl methyl sites for hydroxylation is 2. The van der Waals surface area contributed by atoms with Gasteiger partial charge >= 0.3 is 6.03 Å². The van der Waals surface area contributed by atoms with Gasteiger partial charge in [-0.2, -0.15) is 0 Å². The van der Waals surface area contributed by atoms with Gasteiger partial charge < -0.3 is 21.1 Å². The van der Waals surface area contributed by atoms with Crippen molar-refractivity contribution < 1.29 is 14.3 Å². The van der Waals surface area contributed by atoms with Crippen molar-refractivity contribution >= 4 is 23.3 Å². The number of rotatable bonds is 5. The van der Waals surface area contributed by atoms with Gasteiger partial charge in [0.05, 0.1) is 0 Å². The second kappa shape index (κ2) is 7.31. The minimum Gasteiger partial charge on any atom is -0.483 e. The quantitative estimate of drug-likeness (QED) is 0.792. The maximum atomic E-state index is 11.9. The van der Waals surface area contributed by atoms with E-state index in [4.69, 9.17) is 10.5 Å². The van der Waals surface area contributed by atoms with E-state index in [9.17, 15) is 9.59 Å². The van der Waals surface area contributed by atoms with Crippen molar-refractivity contribution in [2.24, 2.45) is 5.73 Å². The SMILES string of the molecule is Cc1ccc(OCC(=O)Nc2cccc(NC(N)=O)c2)c(C)c1. The van der Waals surface area contributed by atoms with Crippen molar-refractivity contribution in [1.29, 1.82) is 0 Å². The predicted octanol–water partition coefficient (Wildman–Crippen LogP) is 2.81. The molecule has 0 aliphatic heterocycles. The van der Waals surface area contributed by atoms with E-state index in [-0.39, 0.29) is 12.5 Å². The topological polar surface area (TPSA) is 93.4 Å². The van der Waals surface area contributed by atoms with Gasteiger partial charge in [-0.05, 0) is 43.7 Å². The van der Waals surface area contributed by atoms with Crippen LogP contribution >= 0.6 is 0 Å². The predicted molar refractivity (Wildman–Crippen MR) is 89.7 cm³/mol. The highest BCUT2D eigenvalue weighted by atomic mass is 16.5. The number of primary amides is 1. The Morgan fingerprint density at radius 2 is 1.74 bits per heavy atom. The number of urea groups is 1. The molecule has 0 aromatic heterocycles. The number of nitrogens with two attached hydrogens (primary N) is 1. The highest BCUT2D eigenvalue weighted by Crippen LogP contribution is 2.19. The third-order valence-corrected chi connectivity index (χ3v) is 3.10. The molecule has 2 rings (SSSR count). The van der Waals surface area contributed by atoms with Gasteiger partial charge in [-0.1, -0.05) is 23.8 Å². The molecule has 6 nitrogen and oxygen atoms in total. The van der Waals surface area contributed by atoms with Gasteiger partial charge in [0.15, 0.2) is 6.61 Å². The Kier molecular flexibility index (Phi) is 5.19. The number of hydrogen-bond donors (Lipinski definition) is 3. The van der Waals surface area contributed by atoms with Crippen LogP contribution in [0.4, 0.5) is 16.2 Å². The second-order valence-corrected chi connectivity index (χ2v) is 5.18. The lowest BCUT2D eigenvalue weighted by Crippen LogP contribution is -2.21. The van der Waals surface area contributed by atoms with Gasteiger partial charge in [0.25, 0.3) is 5.91 Å². The molecule has 23 heavy (non-hydrogen) atoms. The maximum Gasteiger partial charge on any atom is 0.316 e. The molecule has 0 aliphatic rings. The fourth-order valence-electron chi connectivity index (χ4n) is 2.12. The Bertz CT molecular complexity index is 729. The molecule has 0 atom stereocenters. The average molecular weight is 313 g/mol. The third-order valence-electron chi connectivity index (χ3n) is 3.10. The van der Waals surface area contributed by atoms with Crippen LogP contribution in [0.15, 0.2) is 42.5 Å². The van der Waals surface area contributed by atoms with Crippen LogP contribution in [0, 0.1) is 13.8 Å². The molecule has 0 fully saturated rings. The summed E-state index contributed by atoms with van der Waals surface area (Å²) >= 11 is 0. The van der Waals surface area contributed by atoms with E-state index in [1.807, 2.05) is 32.0 Å². The molecule has 0 bridgehead atoms. The van der Waals surface area contributed by atoms with Gasteiger partial charge in [0.1, 0.15) is 5.75 Å². The molecule has 4 N–H and O–H groups in total. The molecule has 0 heterocycles. The molecule has 2 aromatic carbocycles. The molecule has 0 saturated carbocycles. The Balaban J connectivity index is 1.93. The smallest absolute Gasteiger partial charge is 0.316 e. The summed E-state index contributed by atoms with van der Waals surface area (Å²) in [5, 5.41) is 5.15. The fraction of sp³-hybridized carbons (Fsp3) is 0.176. The van der Waals surface area contributed by atoms with Crippen LogP contribution in [0.3, 0.4) is 0 Å². The fourth-order valence-corrected chi connectivity index (χ4v) is 2.12. The number of ether oxygens (including phenoxy) is 1. The first-order valence-corrected chi connectivity index (χ1v) is 7.10. The summed E-state index contributed by atoms with van der Waals surface area (Å²) in [5.41, 5.74) is 8.22. The molecule has 0 saturated heterocycles. The molecule has 120 valence electrons. The van der Waals surface area contributed by atoms with Crippen molar-refractivity contribution in [3.63, 3.8) is 0 Å². The highest BCUT2D eigenvalue weighted by molar-refractivity contribution is 5.93. The minimum absolute atomic E-state index is 0.0998. The number of benzene rings is 2. The van der Waals surface area contributed by atoms with Crippen LogP contribution in [-0.4, -0.2) is 18.5 Å². The molecular formula is C17H19N3O3. The number of hydrogen-bond acceptors (Lipinski definition) is 3. The molecule has 0 radical (unpaired) electrons. The molecule has 0 aliphatic carbocycles. The van der Waals surface area contributed by atoms with Gasteiger partial charge in [0, 0.05) is 11.4 Å². The molecule has 0 unspecified atom stereocenters. The summed E-state index contributed by atoms with van der Waals surface area (Å²) in [6, 6.07) is 11.8. The largest absolute Gasteiger partial charge is 0.483 e. The lowest BCUT2D eigenvalue weighted by molar-refractivity contribution is -0.118. The van der Waals surface area contributed by atoms with Crippen LogP contribution < -0.4 is 21.1 Å². The first-order chi connectivity index (χ1) is 10.9. The Hall–Kier alpha value is -3.02. The van der Waals surface area contributed by atoms with E-state index < -0.39 is 6.03 Å². The highest BCUT2D eigenvalue weighted by Gasteiger charge is 2.06. The molecule has 0 spiro atoms. The molecule has 2 aromatic rings. The van der Waals surface area contributed by atoms with Gasteiger partial charge in [-0.3, -0.25) is 4.79 Å². The number of carbonyl (C=O) groups excluding carboxylic acids is 2. The van der Waals surface area contributed by atoms with Crippen molar-refractivity contribution in [3.05, 3.63) is 53.6 Å². The standard InChI is InChI=1S/C17H19N3O3/c1-11-6-7-15(12(2)8-11)23-10-16(21)19-13-4-3-5-14(9-13)20-17(18)22/h3-9H,10H2,1-2H3,(H,19,21)(H3,18,20,22). The molecular weight excluding hydrogens is 294 g/mol. The van der Waals surface area contributed by atoms with Crippen LogP contribution in [0.5, 0.6) is 5.75 Å². The first-order valence-electron chi connectivity index (χ1n) is 7.10. The van der Waals surface area contributed by atoms with Crippen LogP contribution in [0.2, 0.25) is 0 Å². The van der Waals surface area contributed by atoms with Crippen LogP contribution in [0.1, 0.15) is 11.1 Å². The van der Waals surface area contributed by atoms with E-state index in [0.717, 1.165) is 11.1 Å². The number of amides is 3. The monoisotopic (exact) mass is 313 g/mol. The van der Waals surface area contributed by atoms with Crippen molar-refractivity contribution in [3.8, 4) is 5.75 Å². The van der Waals surface area contributed by atoms with Crippen LogP contribution in [0.25, 0.3) is 0 Å². The minimum atomic E-state index is -0.661. The second-order valence-electron chi connectivity index (χ2n) is 5.18. The Labute approximate surface area is 134 Å². The third kappa shape index (κ3) is 5.03. The van der Waals surface area contributed by atoms with Gasteiger partial charge in [0.2, 0.25) is 0 Å². The molecule has 6 heteroatoms. The summed E-state index contributed by atoms with van der Waals surface area (Å²) in [4.78, 5) is 22.8. The summed E-state index contributed by atoms with van der Waals surface area (Å²) in [7, 11) is 0. The summed E-state index contributed by atoms with van der Waals surface area (Å²) in [5.74, 6) is 0.385. The Morgan fingerprint density at radius 1 is 1.04 bits per heavy atom. The number of anilines is 2. The summed E-state index contributed by atoms with van der Waals surface area (Å²) < 4.78 is 5.52. The van der Waals surface area contributed by atoms with Gasteiger partial charge in [-0.15, -0.1) is 0 Å². The maximum absolute atomic E-state index is 11.9. The van der Waals surface area contributed by atoms with Gasteiger partial charge in [-0.25, -0.2) is 4.79 Å². The lowest BCUT2D eigenvalue weighted by atomic mass is 10.1. The van der Waals surface area contributed by atoms with E-state index >= 15 is 0 Å². The summed E-state index contributed by atoms with van der Waals surface area (Å²) in [6.45, 7) is 3.83. The van der Waals surface area contributed by atoms with E-state index in [1.165, 1.54) is 0 Å². The van der Waals surface area contributed by atoms with Crippen molar-refractivity contribution in [1.82, 2.24) is 0 Å². The zero-order valence-corrected chi connectivity index (χ0v) is 13.1. The zero-order chi connectivity index (χ0) is 16.8.